The molecule has 0 aliphatic rings. The number of aryl methyl sites for hydroxylation is 1. The lowest BCUT2D eigenvalue weighted by Crippen LogP contribution is -2.34. The van der Waals surface area contributed by atoms with Crippen molar-refractivity contribution >= 4 is 17.3 Å². The minimum Gasteiger partial charge on any atom is -0.409 e. The maximum Gasteiger partial charge on any atom is 0.349 e. The molecule has 1 atom stereocenters. The van der Waals surface area contributed by atoms with Gasteiger partial charge in [-0.25, -0.2) is 19.3 Å². The number of nitrogens with one attached hydrogen (secondary N) is 1. The zero-order chi connectivity index (χ0) is 14.9. The van der Waals surface area contributed by atoms with E-state index in [1.807, 2.05) is 18.9 Å². The Kier molecular flexibility index (Phi) is 3.59. The molecule has 108 valence electrons. The highest BCUT2D eigenvalue weighted by Crippen LogP contribution is 2.16. The summed E-state index contributed by atoms with van der Waals surface area (Å²) in [6.07, 6.45) is 0.395. The van der Waals surface area contributed by atoms with E-state index in [0.717, 1.165) is 0 Å². The molecule has 0 saturated heterocycles. The maximum absolute atomic E-state index is 11.5. The minimum atomic E-state index is -0.316. The second-order valence-electron chi connectivity index (χ2n) is 4.64. The van der Waals surface area contributed by atoms with Gasteiger partial charge in [0.05, 0.1) is 0 Å². The lowest BCUT2D eigenvalue weighted by molar-refractivity contribution is 0.316. The highest BCUT2D eigenvalue weighted by atomic mass is 16.4. The monoisotopic (exact) mass is 279 g/mol. The number of nitrogens with zero attached hydrogens (tertiary/aromatic N) is 5. The molecule has 0 saturated carbocycles. The number of amidine groups is 1. The molecule has 2 aromatic rings. The topological polar surface area (TPSA) is 125 Å². The minimum absolute atomic E-state index is 0.0223. The van der Waals surface area contributed by atoms with Gasteiger partial charge in [0.15, 0.2) is 5.65 Å². The molecule has 0 fully saturated rings. The number of oxime groups is 1. The summed E-state index contributed by atoms with van der Waals surface area (Å²) in [6, 6.07) is 1.68. The van der Waals surface area contributed by atoms with Crippen molar-refractivity contribution in [3.63, 3.8) is 0 Å². The largest absolute Gasteiger partial charge is 0.409 e. The van der Waals surface area contributed by atoms with Gasteiger partial charge in [-0.2, -0.15) is 5.10 Å². The molecule has 2 aromatic heterocycles. The number of fused-ring (bicyclic) bond motifs is 1. The van der Waals surface area contributed by atoms with Crippen LogP contribution in [0.25, 0.3) is 5.65 Å². The van der Waals surface area contributed by atoms with Crippen molar-refractivity contribution in [2.24, 2.45) is 10.9 Å². The Morgan fingerprint density at radius 1 is 1.70 bits per heavy atom. The molecule has 0 aromatic carbocycles. The summed E-state index contributed by atoms with van der Waals surface area (Å²) in [6.45, 7) is 3.66. The van der Waals surface area contributed by atoms with Crippen LogP contribution in [0.2, 0.25) is 0 Å². The number of rotatable bonds is 4. The Bertz CT molecular complexity index is 702. The van der Waals surface area contributed by atoms with Crippen LogP contribution in [0.3, 0.4) is 0 Å². The Morgan fingerprint density at radius 2 is 2.40 bits per heavy atom. The summed E-state index contributed by atoms with van der Waals surface area (Å²) in [5.41, 5.74) is 5.69. The molecule has 0 amide bonds. The van der Waals surface area contributed by atoms with Crippen molar-refractivity contribution in [2.75, 3.05) is 11.9 Å². The van der Waals surface area contributed by atoms with Crippen LogP contribution in [0.1, 0.15) is 19.2 Å². The van der Waals surface area contributed by atoms with E-state index >= 15 is 0 Å². The van der Waals surface area contributed by atoms with Crippen LogP contribution < -0.4 is 16.3 Å². The number of anilines is 1. The van der Waals surface area contributed by atoms with Crippen molar-refractivity contribution < 1.29 is 5.21 Å². The van der Waals surface area contributed by atoms with Crippen molar-refractivity contribution in [2.45, 2.75) is 26.3 Å². The third-order valence-electron chi connectivity index (χ3n) is 3.21. The Labute approximate surface area is 114 Å². The summed E-state index contributed by atoms with van der Waals surface area (Å²) >= 11 is 0. The highest BCUT2D eigenvalue weighted by molar-refractivity contribution is 5.80. The van der Waals surface area contributed by atoms with E-state index in [-0.39, 0.29) is 17.6 Å². The van der Waals surface area contributed by atoms with Crippen LogP contribution in [0.15, 0.2) is 16.0 Å². The van der Waals surface area contributed by atoms with Crippen LogP contribution in [0.4, 0.5) is 5.82 Å². The normalized spacial score (nSPS) is 13.7. The smallest absolute Gasteiger partial charge is 0.349 e. The fraction of sp³-hybridized carbons (Fsp3) is 0.455. The number of hydrogen-bond acceptors (Lipinski definition) is 6. The number of aromatic amines is 1. The Balaban J connectivity index is 2.35. The van der Waals surface area contributed by atoms with Crippen molar-refractivity contribution in [1.82, 2.24) is 19.6 Å². The first-order valence-electron chi connectivity index (χ1n) is 6.08. The van der Waals surface area contributed by atoms with E-state index in [2.05, 4.69) is 20.3 Å². The fourth-order valence-electron chi connectivity index (χ4n) is 1.97. The molecule has 0 aliphatic carbocycles. The molecule has 2 heterocycles. The van der Waals surface area contributed by atoms with E-state index in [4.69, 9.17) is 10.9 Å². The van der Waals surface area contributed by atoms with Gasteiger partial charge in [0, 0.05) is 25.6 Å². The van der Waals surface area contributed by atoms with Gasteiger partial charge < -0.3 is 15.8 Å². The molecule has 20 heavy (non-hydrogen) atoms. The lowest BCUT2D eigenvalue weighted by Gasteiger charge is -2.25. The van der Waals surface area contributed by atoms with E-state index in [9.17, 15) is 4.79 Å². The van der Waals surface area contributed by atoms with Crippen molar-refractivity contribution in [3.05, 3.63) is 22.4 Å². The summed E-state index contributed by atoms with van der Waals surface area (Å²) < 4.78 is 1.39. The molecular weight excluding hydrogens is 262 g/mol. The quantitative estimate of drug-likeness (QED) is 0.305. The van der Waals surface area contributed by atoms with Crippen LogP contribution >= 0.6 is 0 Å². The van der Waals surface area contributed by atoms with Gasteiger partial charge >= 0.3 is 5.69 Å². The molecule has 2 rings (SSSR count). The highest BCUT2D eigenvalue weighted by Gasteiger charge is 2.15. The summed E-state index contributed by atoms with van der Waals surface area (Å²) in [4.78, 5) is 17.8. The predicted octanol–water partition coefficient (Wildman–Crippen LogP) is -0.313. The standard InChI is InChI=1S/C11H17N7O2/c1-6(4-8(12)16-20)17(3)9-5-10-14-15-11(19)18(10)7(2)13-9/h5-6,20H,4H2,1-3H3,(H2,12,16)(H,15,19). The average molecular weight is 279 g/mol. The zero-order valence-electron chi connectivity index (χ0n) is 11.5. The van der Waals surface area contributed by atoms with Gasteiger partial charge in [0.2, 0.25) is 0 Å². The third kappa shape index (κ3) is 2.42. The molecule has 0 bridgehead atoms. The zero-order valence-corrected chi connectivity index (χ0v) is 11.5. The van der Waals surface area contributed by atoms with Gasteiger partial charge in [0.25, 0.3) is 0 Å². The van der Waals surface area contributed by atoms with Crippen LogP contribution in [-0.2, 0) is 0 Å². The average Bonchev–Trinajstić information content (AvgIpc) is 2.79. The summed E-state index contributed by atoms with van der Waals surface area (Å²) in [5, 5.41) is 17.9. The van der Waals surface area contributed by atoms with Crippen LogP contribution in [0.5, 0.6) is 0 Å². The second kappa shape index (κ2) is 5.19. The molecule has 1 unspecified atom stereocenters. The molecule has 0 radical (unpaired) electrons. The number of aromatic nitrogens is 4. The Morgan fingerprint density at radius 3 is 3.05 bits per heavy atom. The van der Waals surface area contributed by atoms with E-state index in [0.29, 0.717) is 23.7 Å². The number of hydrogen-bond donors (Lipinski definition) is 3. The van der Waals surface area contributed by atoms with Crippen molar-refractivity contribution in [3.8, 4) is 0 Å². The molecule has 9 nitrogen and oxygen atoms in total. The maximum atomic E-state index is 11.5. The van der Waals surface area contributed by atoms with Gasteiger partial charge in [0.1, 0.15) is 17.5 Å². The molecule has 9 heteroatoms. The second-order valence-corrected chi connectivity index (χ2v) is 4.64. The summed E-state index contributed by atoms with van der Waals surface area (Å²) in [7, 11) is 1.85. The molecule has 4 N–H and O–H groups in total. The predicted molar refractivity (Wildman–Crippen MR) is 74.2 cm³/mol. The first-order chi connectivity index (χ1) is 9.43. The van der Waals surface area contributed by atoms with E-state index in [1.165, 1.54) is 4.40 Å². The molecule has 0 aliphatic heterocycles. The van der Waals surface area contributed by atoms with Gasteiger partial charge in [-0.15, -0.1) is 0 Å². The van der Waals surface area contributed by atoms with Crippen molar-refractivity contribution in [1.29, 1.82) is 0 Å². The SMILES string of the molecule is Cc1nc(N(C)C(C)CC(N)=NO)cc2n[nH]c(=O)n12. The Hall–Kier alpha value is -2.58. The number of nitrogens with two attached hydrogens (primary N) is 1. The van der Waals surface area contributed by atoms with Crippen LogP contribution in [0, 0.1) is 6.92 Å². The van der Waals surface area contributed by atoms with Gasteiger partial charge in [-0.1, -0.05) is 5.16 Å². The molecule has 0 spiro atoms. The number of H-pyrrole nitrogens is 1. The molecular formula is C11H17N7O2. The van der Waals surface area contributed by atoms with Gasteiger partial charge in [-0.05, 0) is 13.8 Å². The lowest BCUT2D eigenvalue weighted by atomic mass is 10.2. The third-order valence-corrected chi connectivity index (χ3v) is 3.21. The van der Waals surface area contributed by atoms with E-state index < -0.39 is 0 Å². The summed E-state index contributed by atoms with van der Waals surface area (Å²) in [5.74, 6) is 1.35. The first-order valence-corrected chi connectivity index (χ1v) is 6.08. The van der Waals surface area contributed by atoms with Crippen LogP contribution in [-0.4, -0.2) is 43.7 Å². The van der Waals surface area contributed by atoms with E-state index in [1.54, 1.807) is 13.0 Å². The van der Waals surface area contributed by atoms with Gasteiger partial charge in [-0.3, -0.25) is 0 Å². The first kappa shape index (κ1) is 13.8. The fourth-order valence-corrected chi connectivity index (χ4v) is 1.97.